The van der Waals surface area contributed by atoms with Crippen molar-refractivity contribution in [3.05, 3.63) is 23.8 Å². The van der Waals surface area contributed by atoms with Crippen molar-refractivity contribution in [2.75, 3.05) is 20.2 Å². The van der Waals surface area contributed by atoms with Gasteiger partial charge in [0.25, 0.3) is 5.91 Å². The fraction of sp³-hybridized carbons (Fsp3) is 0.333. The summed E-state index contributed by atoms with van der Waals surface area (Å²) < 4.78 is 41.9. The van der Waals surface area contributed by atoms with E-state index in [1.165, 1.54) is 13.2 Å². The second-order valence-corrected chi connectivity index (χ2v) is 4.06. The summed E-state index contributed by atoms with van der Waals surface area (Å²) in [4.78, 5) is 22.6. The van der Waals surface area contributed by atoms with Crippen molar-refractivity contribution in [2.24, 2.45) is 0 Å². The third-order valence-corrected chi connectivity index (χ3v) is 2.41. The van der Waals surface area contributed by atoms with E-state index in [2.05, 4.69) is 0 Å². The number of aromatic hydroxyl groups is 1. The molecule has 0 heterocycles. The van der Waals surface area contributed by atoms with Gasteiger partial charge in [-0.2, -0.15) is 13.2 Å². The van der Waals surface area contributed by atoms with Crippen LogP contribution in [-0.2, 0) is 4.79 Å². The Labute approximate surface area is 117 Å². The molecule has 0 fully saturated rings. The number of phenols is 1. The van der Waals surface area contributed by atoms with Crippen LogP contribution in [0.5, 0.6) is 11.5 Å². The SMILES string of the molecule is COc1ccc(C(=O)N(CC(=O)O)CC(F)(F)F)cc1O. The number of aliphatic carboxylic acids is 1. The van der Waals surface area contributed by atoms with Gasteiger partial charge in [-0.25, -0.2) is 0 Å². The zero-order chi connectivity index (χ0) is 16.2. The quantitative estimate of drug-likeness (QED) is 0.860. The predicted octanol–water partition coefficient (Wildman–Crippen LogP) is 1.49. The summed E-state index contributed by atoms with van der Waals surface area (Å²) in [5.74, 6) is -3.14. The minimum absolute atomic E-state index is 0.0344. The van der Waals surface area contributed by atoms with Crippen molar-refractivity contribution in [3.63, 3.8) is 0 Å². The van der Waals surface area contributed by atoms with E-state index in [-0.39, 0.29) is 16.2 Å². The first-order valence-electron chi connectivity index (χ1n) is 5.59. The molecule has 0 saturated heterocycles. The van der Waals surface area contributed by atoms with Crippen LogP contribution in [0.4, 0.5) is 13.2 Å². The molecule has 0 spiro atoms. The van der Waals surface area contributed by atoms with Crippen molar-refractivity contribution in [3.8, 4) is 11.5 Å². The lowest BCUT2D eigenvalue weighted by Crippen LogP contribution is -2.42. The number of alkyl halides is 3. The van der Waals surface area contributed by atoms with E-state index in [4.69, 9.17) is 9.84 Å². The van der Waals surface area contributed by atoms with Crippen molar-refractivity contribution in [1.82, 2.24) is 4.90 Å². The first kappa shape index (κ1) is 16.6. The van der Waals surface area contributed by atoms with Gasteiger partial charge in [0.15, 0.2) is 11.5 Å². The lowest BCUT2D eigenvalue weighted by Gasteiger charge is -2.22. The van der Waals surface area contributed by atoms with E-state index >= 15 is 0 Å². The highest BCUT2D eigenvalue weighted by Gasteiger charge is 2.34. The lowest BCUT2D eigenvalue weighted by atomic mass is 10.1. The van der Waals surface area contributed by atoms with Crippen molar-refractivity contribution >= 4 is 11.9 Å². The van der Waals surface area contributed by atoms with Crippen LogP contribution in [0.1, 0.15) is 10.4 Å². The zero-order valence-corrected chi connectivity index (χ0v) is 10.8. The molecule has 21 heavy (non-hydrogen) atoms. The van der Waals surface area contributed by atoms with Crippen LogP contribution in [0.25, 0.3) is 0 Å². The fourth-order valence-electron chi connectivity index (χ4n) is 1.58. The molecule has 0 atom stereocenters. The average Bonchev–Trinajstić information content (AvgIpc) is 2.34. The van der Waals surface area contributed by atoms with Crippen LogP contribution in [-0.4, -0.2) is 53.4 Å². The summed E-state index contributed by atoms with van der Waals surface area (Å²) in [5, 5.41) is 18.1. The number of carbonyl (C=O) groups excluding carboxylic acids is 1. The van der Waals surface area contributed by atoms with Crippen LogP contribution in [0.3, 0.4) is 0 Å². The van der Waals surface area contributed by atoms with Gasteiger partial charge in [-0.05, 0) is 18.2 Å². The number of methoxy groups -OCH3 is 1. The molecule has 0 radical (unpaired) electrons. The number of hydrogen-bond acceptors (Lipinski definition) is 4. The maximum Gasteiger partial charge on any atom is 0.406 e. The minimum atomic E-state index is -4.74. The molecule has 0 aliphatic heterocycles. The van der Waals surface area contributed by atoms with Gasteiger partial charge in [0.1, 0.15) is 13.1 Å². The van der Waals surface area contributed by atoms with Gasteiger partial charge >= 0.3 is 12.1 Å². The first-order chi connectivity index (χ1) is 9.64. The van der Waals surface area contributed by atoms with E-state index in [0.717, 1.165) is 12.1 Å². The number of carbonyl (C=O) groups is 2. The summed E-state index contributed by atoms with van der Waals surface area (Å²) >= 11 is 0. The highest BCUT2D eigenvalue weighted by molar-refractivity contribution is 5.96. The zero-order valence-electron chi connectivity index (χ0n) is 10.8. The van der Waals surface area contributed by atoms with Crippen LogP contribution in [0, 0.1) is 0 Å². The Morgan fingerprint density at radius 1 is 1.33 bits per heavy atom. The molecular formula is C12H12F3NO5. The van der Waals surface area contributed by atoms with Crippen molar-refractivity contribution < 1.29 is 37.7 Å². The minimum Gasteiger partial charge on any atom is -0.504 e. The maximum atomic E-state index is 12.4. The summed E-state index contributed by atoms with van der Waals surface area (Å²) in [5.41, 5.74) is -0.279. The molecule has 116 valence electrons. The van der Waals surface area contributed by atoms with Crippen LogP contribution in [0.15, 0.2) is 18.2 Å². The molecule has 9 heteroatoms. The number of halogens is 3. The largest absolute Gasteiger partial charge is 0.504 e. The third-order valence-electron chi connectivity index (χ3n) is 2.41. The second kappa shape index (κ2) is 6.33. The number of nitrogens with zero attached hydrogens (tertiary/aromatic N) is 1. The summed E-state index contributed by atoms with van der Waals surface area (Å²) in [6.07, 6.45) is -4.74. The Balaban J connectivity index is 3.04. The standard InChI is InChI=1S/C12H12F3NO5/c1-21-9-3-2-7(4-8(9)17)11(20)16(5-10(18)19)6-12(13,14)15/h2-4,17H,5-6H2,1H3,(H,18,19). The number of phenolic OH excluding ortho intramolecular Hbond substituents is 1. The summed E-state index contributed by atoms with van der Waals surface area (Å²) in [7, 11) is 1.26. The van der Waals surface area contributed by atoms with Crippen LogP contribution < -0.4 is 4.74 Å². The molecule has 1 aromatic rings. The van der Waals surface area contributed by atoms with E-state index in [1.54, 1.807) is 0 Å². The van der Waals surface area contributed by atoms with Gasteiger partial charge in [-0.3, -0.25) is 9.59 Å². The molecule has 6 nitrogen and oxygen atoms in total. The Morgan fingerprint density at radius 3 is 2.38 bits per heavy atom. The van der Waals surface area contributed by atoms with E-state index < -0.39 is 36.9 Å². The van der Waals surface area contributed by atoms with E-state index in [9.17, 15) is 27.9 Å². The molecule has 2 N–H and O–H groups in total. The predicted molar refractivity (Wildman–Crippen MR) is 64.3 cm³/mol. The number of ether oxygens (including phenoxy) is 1. The number of benzene rings is 1. The lowest BCUT2D eigenvalue weighted by molar-refractivity contribution is -0.149. The summed E-state index contributed by atoms with van der Waals surface area (Å²) in [6.45, 7) is -2.81. The third kappa shape index (κ3) is 4.86. The van der Waals surface area contributed by atoms with Gasteiger partial charge in [0.05, 0.1) is 7.11 Å². The number of carboxylic acid groups (broad SMARTS) is 1. The monoisotopic (exact) mass is 307 g/mol. The molecule has 0 aliphatic carbocycles. The molecule has 1 rings (SSSR count). The highest BCUT2D eigenvalue weighted by Crippen LogP contribution is 2.27. The normalized spacial score (nSPS) is 11.0. The Morgan fingerprint density at radius 2 is 1.95 bits per heavy atom. The van der Waals surface area contributed by atoms with Crippen molar-refractivity contribution in [1.29, 1.82) is 0 Å². The fourth-order valence-corrected chi connectivity index (χ4v) is 1.58. The van der Waals surface area contributed by atoms with Crippen LogP contribution in [0.2, 0.25) is 0 Å². The van der Waals surface area contributed by atoms with Gasteiger partial charge in [0.2, 0.25) is 0 Å². The topological polar surface area (TPSA) is 87.1 Å². The number of hydrogen-bond donors (Lipinski definition) is 2. The molecule has 0 bridgehead atoms. The molecule has 0 aromatic heterocycles. The molecule has 1 amide bonds. The number of rotatable bonds is 5. The average molecular weight is 307 g/mol. The summed E-state index contributed by atoms with van der Waals surface area (Å²) in [6, 6.07) is 3.23. The Bertz CT molecular complexity index is 544. The van der Waals surface area contributed by atoms with E-state index in [0.29, 0.717) is 0 Å². The van der Waals surface area contributed by atoms with Crippen molar-refractivity contribution in [2.45, 2.75) is 6.18 Å². The number of carboxylic acids is 1. The number of amides is 1. The Hall–Kier alpha value is -2.45. The van der Waals surface area contributed by atoms with Gasteiger partial charge in [0, 0.05) is 5.56 Å². The van der Waals surface area contributed by atoms with Gasteiger partial charge in [-0.15, -0.1) is 0 Å². The highest BCUT2D eigenvalue weighted by atomic mass is 19.4. The molecule has 0 aliphatic rings. The first-order valence-corrected chi connectivity index (χ1v) is 5.59. The Kier molecular flexibility index (Phi) is 5.01. The molecule has 0 unspecified atom stereocenters. The molecular weight excluding hydrogens is 295 g/mol. The van der Waals surface area contributed by atoms with Crippen LogP contribution >= 0.6 is 0 Å². The van der Waals surface area contributed by atoms with Gasteiger partial charge in [-0.1, -0.05) is 0 Å². The second-order valence-electron chi connectivity index (χ2n) is 4.06. The maximum absolute atomic E-state index is 12.4. The smallest absolute Gasteiger partial charge is 0.406 e. The van der Waals surface area contributed by atoms with Gasteiger partial charge < -0.3 is 19.8 Å². The van der Waals surface area contributed by atoms with E-state index in [1.807, 2.05) is 0 Å². The molecule has 0 saturated carbocycles. The molecule has 1 aromatic carbocycles.